The molecule has 0 atom stereocenters. The Morgan fingerprint density at radius 1 is 0.783 bits per heavy atom. The van der Waals surface area contributed by atoms with Gasteiger partial charge in [0, 0.05) is 10.0 Å². The van der Waals surface area contributed by atoms with Crippen LogP contribution < -0.4 is 10.2 Å². The van der Waals surface area contributed by atoms with Crippen molar-refractivity contribution in [2.24, 2.45) is 5.10 Å². The maximum absolute atomic E-state index is 5.93. The SMILES string of the molecule is Brc1ccc(/C(=N/Nc2ccccc2)Oc2ccccc2)cc1. The van der Waals surface area contributed by atoms with Crippen LogP contribution in [0, 0.1) is 0 Å². The molecule has 0 aromatic heterocycles. The third-order valence-electron chi connectivity index (χ3n) is 3.11. The van der Waals surface area contributed by atoms with Gasteiger partial charge in [-0.1, -0.05) is 52.3 Å². The summed E-state index contributed by atoms with van der Waals surface area (Å²) in [5.41, 5.74) is 4.82. The van der Waals surface area contributed by atoms with Crippen LogP contribution >= 0.6 is 15.9 Å². The Labute approximate surface area is 143 Å². The molecule has 0 fully saturated rings. The Morgan fingerprint density at radius 2 is 1.39 bits per heavy atom. The molecule has 0 saturated carbocycles. The molecule has 0 heterocycles. The summed E-state index contributed by atoms with van der Waals surface area (Å²) in [4.78, 5) is 0. The van der Waals surface area contributed by atoms with Crippen LogP contribution in [0.1, 0.15) is 5.56 Å². The number of hydrogen-bond donors (Lipinski definition) is 1. The number of hydrazone groups is 1. The minimum absolute atomic E-state index is 0.507. The molecule has 3 aromatic carbocycles. The molecule has 3 rings (SSSR count). The van der Waals surface area contributed by atoms with Crippen molar-refractivity contribution in [1.82, 2.24) is 0 Å². The van der Waals surface area contributed by atoms with Crippen molar-refractivity contribution in [2.45, 2.75) is 0 Å². The van der Waals surface area contributed by atoms with Crippen LogP contribution in [0.2, 0.25) is 0 Å². The monoisotopic (exact) mass is 366 g/mol. The third-order valence-corrected chi connectivity index (χ3v) is 3.64. The van der Waals surface area contributed by atoms with Gasteiger partial charge in [-0.2, -0.15) is 0 Å². The average molecular weight is 367 g/mol. The molecule has 23 heavy (non-hydrogen) atoms. The molecule has 0 saturated heterocycles. The standard InChI is InChI=1S/C19H15BrN2O/c20-16-13-11-15(12-14-16)19(23-18-9-5-2-6-10-18)22-21-17-7-3-1-4-8-17/h1-14,21H/b22-19-. The average Bonchev–Trinajstić information content (AvgIpc) is 2.61. The Hall–Kier alpha value is -2.59. The first-order valence-electron chi connectivity index (χ1n) is 7.19. The Morgan fingerprint density at radius 3 is 2.04 bits per heavy atom. The van der Waals surface area contributed by atoms with E-state index in [1.165, 1.54) is 0 Å². The second kappa shape index (κ2) is 7.61. The molecule has 0 spiro atoms. The molecule has 1 N–H and O–H groups in total. The zero-order valence-corrected chi connectivity index (χ0v) is 13.9. The fourth-order valence-corrected chi connectivity index (χ4v) is 2.23. The summed E-state index contributed by atoms with van der Waals surface area (Å²) in [5.74, 6) is 1.25. The fraction of sp³-hybridized carbons (Fsp3) is 0. The maximum Gasteiger partial charge on any atom is 0.243 e. The van der Waals surface area contributed by atoms with Gasteiger partial charge in [0.15, 0.2) is 0 Å². The summed E-state index contributed by atoms with van der Waals surface area (Å²) in [6.45, 7) is 0. The number of benzene rings is 3. The van der Waals surface area contributed by atoms with Gasteiger partial charge >= 0.3 is 0 Å². The summed E-state index contributed by atoms with van der Waals surface area (Å²) >= 11 is 3.44. The topological polar surface area (TPSA) is 33.6 Å². The lowest BCUT2D eigenvalue weighted by Gasteiger charge is -2.10. The number of hydrogen-bond acceptors (Lipinski definition) is 3. The number of nitrogens with zero attached hydrogens (tertiary/aromatic N) is 1. The second-order valence-corrected chi connectivity index (χ2v) is 5.73. The minimum atomic E-state index is 0.507. The van der Waals surface area contributed by atoms with Gasteiger partial charge in [0.05, 0.1) is 5.69 Å². The first-order valence-corrected chi connectivity index (χ1v) is 7.98. The van der Waals surface area contributed by atoms with Gasteiger partial charge in [-0.15, -0.1) is 5.10 Å². The lowest BCUT2D eigenvalue weighted by atomic mass is 10.2. The largest absolute Gasteiger partial charge is 0.437 e. The molecule has 3 aromatic rings. The van der Waals surface area contributed by atoms with Crippen molar-refractivity contribution in [3.8, 4) is 5.75 Å². The zero-order valence-electron chi connectivity index (χ0n) is 12.3. The molecule has 114 valence electrons. The van der Waals surface area contributed by atoms with Crippen molar-refractivity contribution in [3.63, 3.8) is 0 Å². The van der Waals surface area contributed by atoms with Gasteiger partial charge in [0.2, 0.25) is 5.90 Å². The van der Waals surface area contributed by atoms with E-state index in [9.17, 15) is 0 Å². The molecule has 0 radical (unpaired) electrons. The van der Waals surface area contributed by atoms with E-state index in [2.05, 4.69) is 26.5 Å². The number of anilines is 1. The molecule has 0 aliphatic carbocycles. The Bertz CT molecular complexity index is 771. The second-order valence-electron chi connectivity index (χ2n) is 4.82. The first-order chi connectivity index (χ1) is 11.3. The number of para-hydroxylation sites is 2. The van der Waals surface area contributed by atoms with Crippen LogP contribution in [0.3, 0.4) is 0 Å². The van der Waals surface area contributed by atoms with E-state index in [0.29, 0.717) is 5.90 Å². The van der Waals surface area contributed by atoms with Gasteiger partial charge in [-0.05, 0) is 48.5 Å². The van der Waals surface area contributed by atoms with E-state index < -0.39 is 0 Å². The van der Waals surface area contributed by atoms with Crippen LogP contribution in [-0.4, -0.2) is 5.90 Å². The van der Waals surface area contributed by atoms with Crippen molar-refractivity contribution in [3.05, 3.63) is 95.0 Å². The van der Waals surface area contributed by atoms with Crippen molar-refractivity contribution in [2.75, 3.05) is 5.43 Å². The zero-order chi connectivity index (χ0) is 15.9. The number of ether oxygens (including phenoxy) is 1. The van der Waals surface area contributed by atoms with Crippen LogP contribution in [-0.2, 0) is 0 Å². The van der Waals surface area contributed by atoms with Crippen LogP contribution in [0.5, 0.6) is 5.75 Å². The number of rotatable bonds is 4. The van der Waals surface area contributed by atoms with Gasteiger partial charge in [-0.3, -0.25) is 5.43 Å². The quantitative estimate of drug-likeness (QED) is 0.386. The molecule has 4 heteroatoms. The first kappa shape index (κ1) is 15.3. The molecular formula is C19H15BrN2O. The summed E-state index contributed by atoms with van der Waals surface area (Å²) in [7, 11) is 0. The highest BCUT2D eigenvalue weighted by Gasteiger charge is 2.07. The van der Waals surface area contributed by atoms with E-state index in [0.717, 1.165) is 21.5 Å². The third kappa shape index (κ3) is 4.44. The highest BCUT2D eigenvalue weighted by molar-refractivity contribution is 9.10. The molecule has 0 aliphatic rings. The van der Waals surface area contributed by atoms with Gasteiger partial charge in [0.1, 0.15) is 5.75 Å². The van der Waals surface area contributed by atoms with E-state index >= 15 is 0 Å². The summed E-state index contributed by atoms with van der Waals surface area (Å²) in [6, 6.07) is 27.2. The van der Waals surface area contributed by atoms with E-state index in [4.69, 9.17) is 4.74 Å². The smallest absolute Gasteiger partial charge is 0.243 e. The van der Waals surface area contributed by atoms with Crippen molar-refractivity contribution >= 4 is 27.5 Å². The lowest BCUT2D eigenvalue weighted by molar-refractivity contribution is 0.551. The minimum Gasteiger partial charge on any atom is -0.437 e. The van der Waals surface area contributed by atoms with Crippen LogP contribution in [0.15, 0.2) is 94.5 Å². The molecule has 0 bridgehead atoms. The van der Waals surface area contributed by atoms with Gasteiger partial charge in [-0.25, -0.2) is 0 Å². The summed E-state index contributed by atoms with van der Waals surface area (Å²) in [5, 5.41) is 4.42. The molecule has 0 aliphatic heterocycles. The number of halogens is 1. The predicted octanol–water partition coefficient (Wildman–Crippen LogP) is 5.30. The Kier molecular flexibility index (Phi) is 5.06. The molecule has 0 unspecified atom stereocenters. The van der Waals surface area contributed by atoms with Gasteiger partial charge < -0.3 is 4.74 Å². The van der Waals surface area contributed by atoms with Crippen molar-refractivity contribution in [1.29, 1.82) is 0 Å². The maximum atomic E-state index is 5.93. The highest BCUT2D eigenvalue weighted by Crippen LogP contribution is 2.16. The fourth-order valence-electron chi connectivity index (χ4n) is 1.97. The molecule has 0 amide bonds. The van der Waals surface area contributed by atoms with Crippen LogP contribution in [0.4, 0.5) is 5.69 Å². The normalized spacial score (nSPS) is 11.1. The number of nitrogens with one attached hydrogen (secondary N) is 1. The molecule has 3 nitrogen and oxygen atoms in total. The predicted molar refractivity (Wildman–Crippen MR) is 97.8 cm³/mol. The van der Waals surface area contributed by atoms with Gasteiger partial charge in [0.25, 0.3) is 0 Å². The van der Waals surface area contributed by atoms with Crippen molar-refractivity contribution < 1.29 is 4.74 Å². The highest BCUT2D eigenvalue weighted by atomic mass is 79.9. The van der Waals surface area contributed by atoms with E-state index in [-0.39, 0.29) is 0 Å². The van der Waals surface area contributed by atoms with E-state index in [1.54, 1.807) is 0 Å². The van der Waals surface area contributed by atoms with Crippen LogP contribution in [0.25, 0.3) is 0 Å². The molecular weight excluding hydrogens is 352 g/mol. The summed E-state index contributed by atoms with van der Waals surface area (Å²) < 4.78 is 6.94. The van der Waals surface area contributed by atoms with E-state index in [1.807, 2.05) is 84.9 Å². The summed E-state index contributed by atoms with van der Waals surface area (Å²) in [6.07, 6.45) is 0. The Balaban J connectivity index is 1.87. The lowest BCUT2D eigenvalue weighted by Crippen LogP contribution is -2.12.